The number of aromatic hydroxyl groups is 1. The van der Waals surface area contributed by atoms with Crippen LogP contribution in [-0.4, -0.2) is 29.6 Å². The first-order chi connectivity index (χ1) is 22.6. The molecule has 46 heavy (non-hydrogen) atoms. The van der Waals surface area contributed by atoms with E-state index in [0.29, 0.717) is 19.4 Å². The van der Waals surface area contributed by atoms with Gasteiger partial charge in [-0.3, -0.25) is 4.79 Å². The molecule has 0 radical (unpaired) electrons. The van der Waals surface area contributed by atoms with Crippen LogP contribution in [-0.2, 0) is 20.7 Å². The topological polar surface area (TPSA) is 75.6 Å². The Hall–Kier alpha value is -2.04. The van der Waals surface area contributed by atoms with E-state index in [9.17, 15) is 14.7 Å². The molecule has 5 nitrogen and oxygen atoms in total. The molecular weight excluding hydrogens is 570 g/mol. The largest absolute Gasteiger partial charge is 0.508 e. The van der Waals surface area contributed by atoms with Crippen LogP contribution < -0.4 is 5.32 Å². The van der Waals surface area contributed by atoms with E-state index in [4.69, 9.17) is 4.74 Å². The van der Waals surface area contributed by atoms with E-state index in [2.05, 4.69) is 19.2 Å². The lowest BCUT2D eigenvalue weighted by Crippen LogP contribution is -2.43. The quantitative estimate of drug-likeness (QED) is 0.0590. The molecule has 1 unspecified atom stereocenters. The van der Waals surface area contributed by atoms with E-state index in [-0.39, 0.29) is 17.6 Å². The van der Waals surface area contributed by atoms with E-state index in [0.717, 1.165) is 31.2 Å². The number of ether oxygens (including phenoxy) is 1. The second-order valence-electron chi connectivity index (χ2n) is 13.7. The predicted molar refractivity (Wildman–Crippen MR) is 195 cm³/mol. The summed E-state index contributed by atoms with van der Waals surface area (Å²) in [5, 5.41) is 12.6. The third-order valence-electron chi connectivity index (χ3n) is 9.25. The van der Waals surface area contributed by atoms with Crippen molar-refractivity contribution in [1.82, 2.24) is 5.32 Å². The van der Waals surface area contributed by atoms with E-state index in [1.807, 2.05) is 0 Å². The maximum absolute atomic E-state index is 13.0. The summed E-state index contributed by atoms with van der Waals surface area (Å²) in [5.41, 5.74) is 0.887. The Bertz CT molecular complexity index is 824. The highest BCUT2D eigenvalue weighted by atomic mass is 16.5. The Morgan fingerprint density at radius 2 is 0.935 bits per heavy atom. The average molecular weight is 644 g/mol. The molecular formula is C41H73NO4. The molecule has 0 aliphatic carbocycles. The molecule has 0 aromatic heterocycles. The number of unbranched alkanes of at least 4 members (excludes halogenated alkanes) is 25. The number of nitrogens with one attached hydrogen (secondary N) is 1. The molecule has 2 N–H and O–H groups in total. The summed E-state index contributed by atoms with van der Waals surface area (Å²) in [6, 6.07) is 6.11. The van der Waals surface area contributed by atoms with Crippen molar-refractivity contribution in [1.29, 1.82) is 0 Å². The number of benzene rings is 1. The van der Waals surface area contributed by atoms with E-state index < -0.39 is 6.04 Å². The molecule has 0 fully saturated rings. The highest BCUT2D eigenvalue weighted by molar-refractivity contribution is 5.84. The van der Waals surface area contributed by atoms with Gasteiger partial charge in [0, 0.05) is 12.8 Å². The molecule has 0 heterocycles. The van der Waals surface area contributed by atoms with E-state index in [1.165, 1.54) is 148 Å². The maximum Gasteiger partial charge on any atom is 0.328 e. The van der Waals surface area contributed by atoms with Gasteiger partial charge >= 0.3 is 5.97 Å². The van der Waals surface area contributed by atoms with Gasteiger partial charge < -0.3 is 15.2 Å². The normalized spacial score (nSPS) is 11.9. The third-order valence-corrected chi connectivity index (χ3v) is 9.25. The number of carbonyl (C=O) groups excluding carboxylic acids is 2. The smallest absolute Gasteiger partial charge is 0.328 e. The second-order valence-corrected chi connectivity index (χ2v) is 13.7. The fourth-order valence-electron chi connectivity index (χ4n) is 6.20. The standard InChI is InChI=1S/C41H73NO4/c1-3-5-7-9-11-13-15-17-19-21-23-25-27-29-35-46-41(45)39(36-37-31-33-38(43)34-32-37)42-40(44)30-28-26-24-22-20-18-16-14-12-10-8-6-4-2/h31-34,39,43H,3-30,35-36H2,1-2H3,(H,42,44). The van der Waals surface area contributed by atoms with Gasteiger partial charge in [0.1, 0.15) is 11.8 Å². The maximum atomic E-state index is 13.0. The number of carbonyl (C=O) groups is 2. The fourth-order valence-corrected chi connectivity index (χ4v) is 6.20. The summed E-state index contributed by atoms with van der Waals surface area (Å²) >= 11 is 0. The Morgan fingerprint density at radius 1 is 0.565 bits per heavy atom. The van der Waals surface area contributed by atoms with Crippen molar-refractivity contribution >= 4 is 11.9 Å². The number of phenolic OH excluding ortho intramolecular Hbond substituents is 1. The van der Waals surface area contributed by atoms with Crippen molar-refractivity contribution in [2.24, 2.45) is 0 Å². The van der Waals surface area contributed by atoms with Gasteiger partial charge in [-0.15, -0.1) is 0 Å². The van der Waals surface area contributed by atoms with Crippen molar-refractivity contribution in [2.45, 2.75) is 206 Å². The van der Waals surface area contributed by atoms with Gasteiger partial charge in [0.15, 0.2) is 0 Å². The van der Waals surface area contributed by atoms with Crippen molar-refractivity contribution in [3.05, 3.63) is 29.8 Å². The molecule has 0 aliphatic heterocycles. The van der Waals surface area contributed by atoms with Crippen molar-refractivity contribution in [3.8, 4) is 5.75 Å². The number of rotatable bonds is 33. The van der Waals surface area contributed by atoms with Crippen LogP contribution in [0.15, 0.2) is 24.3 Å². The van der Waals surface area contributed by atoms with Crippen molar-refractivity contribution < 1.29 is 19.4 Å². The summed E-state index contributed by atoms with van der Waals surface area (Å²) in [6.07, 6.45) is 35.4. The van der Waals surface area contributed by atoms with Gasteiger partial charge in [-0.1, -0.05) is 187 Å². The van der Waals surface area contributed by atoms with Crippen molar-refractivity contribution in [2.75, 3.05) is 6.61 Å². The van der Waals surface area contributed by atoms with Crippen LogP contribution in [0.5, 0.6) is 5.75 Å². The summed E-state index contributed by atoms with van der Waals surface area (Å²) in [4.78, 5) is 25.7. The van der Waals surface area contributed by atoms with Gasteiger partial charge in [-0.05, 0) is 30.5 Å². The zero-order chi connectivity index (χ0) is 33.3. The third kappa shape index (κ3) is 26.1. The van der Waals surface area contributed by atoms with Crippen LogP contribution in [0.1, 0.15) is 199 Å². The predicted octanol–water partition coefficient (Wildman–Crippen LogP) is 11.9. The first-order valence-electron chi connectivity index (χ1n) is 19.8. The fraction of sp³-hybridized carbons (Fsp3) is 0.805. The summed E-state index contributed by atoms with van der Waals surface area (Å²) in [6.45, 7) is 4.94. The minimum absolute atomic E-state index is 0.0831. The van der Waals surface area contributed by atoms with Crippen LogP contribution in [0.3, 0.4) is 0 Å². The minimum Gasteiger partial charge on any atom is -0.508 e. The van der Waals surface area contributed by atoms with Crippen LogP contribution in [0.4, 0.5) is 0 Å². The molecule has 5 heteroatoms. The number of hydrogen-bond donors (Lipinski definition) is 2. The van der Waals surface area contributed by atoms with Crippen LogP contribution in [0.25, 0.3) is 0 Å². The second kappa shape index (κ2) is 31.6. The lowest BCUT2D eigenvalue weighted by atomic mass is 10.0. The molecule has 0 bridgehead atoms. The van der Waals surface area contributed by atoms with Gasteiger partial charge in [-0.2, -0.15) is 0 Å². The van der Waals surface area contributed by atoms with Crippen LogP contribution in [0.2, 0.25) is 0 Å². The Kier molecular flexibility index (Phi) is 28.8. The Morgan fingerprint density at radius 3 is 1.35 bits per heavy atom. The molecule has 0 saturated carbocycles. The molecule has 1 amide bonds. The number of esters is 1. The Labute approximate surface area is 284 Å². The van der Waals surface area contributed by atoms with Crippen LogP contribution >= 0.6 is 0 Å². The molecule has 1 aromatic rings. The lowest BCUT2D eigenvalue weighted by Gasteiger charge is -2.18. The number of phenols is 1. The molecule has 1 aromatic carbocycles. The lowest BCUT2D eigenvalue weighted by molar-refractivity contribution is -0.148. The molecule has 0 saturated heterocycles. The molecule has 266 valence electrons. The minimum atomic E-state index is -0.703. The first-order valence-corrected chi connectivity index (χ1v) is 19.8. The van der Waals surface area contributed by atoms with E-state index in [1.54, 1.807) is 24.3 Å². The monoisotopic (exact) mass is 644 g/mol. The SMILES string of the molecule is CCCCCCCCCCCCCCCCOC(=O)C(Cc1ccc(O)cc1)NC(=O)CCCCCCCCCCCCCCC. The molecule has 0 spiro atoms. The molecule has 1 rings (SSSR count). The van der Waals surface area contributed by atoms with Gasteiger partial charge in [0.25, 0.3) is 0 Å². The molecule has 0 aliphatic rings. The van der Waals surface area contributed by atoms with Gasteiger partial charge in [0.2, 0.25) is 5.91 Å². The molecule has 1 atom stereocenters. The summed E-state index contributed by atoms with van der Waals surface area (Å²) in [5.74, 6) is -0.256. The van der Waals surface area contributed by atoms with E-state index >= 15 is 0 Å². The van der Waals surface area contributed by atoms with Gasteiger partial charge in [-0.25, -0.2) is 4.79 Å². The van der Waals surface area contributed by atoms with Crippen LogP contribution in [0, 0.1) is 0 Å². The van der Waals surface area contributed by atoms with Gasteiger partial charge in [0.05, 0.1) is 6.61 Å². The number of amides is 1. The number of hydrogen-bond acceptors (Lipinski definition) is 4. The Balaban J connectivity index is 2.19. The first kappa shape index (κ1) is 42.0. The summed E-state index contributed by atoms with van der Waals surface area (Å²) in [7, 11) is 0. The average Bonchev–Trinajstić information content (AvgIpc) is 3.05. The van der Waals surface area contributed by atoms with Crippen molar-refractivity contribution in [3.63, 3.8) is 0 Å². The summed E-state index contributed by atoms with van der Waals surface area (Å²) < 4.78 is 5.63. The zero-order valence-corrected chi connectivity index (χ0v) is 30.3. The highest BCUT2D eigenvalue weighted by Crippen LogP contribution is 2.16. The highest BCUT2D eigenvalue weighted by Gasteiger charge is 2.22. The zero-order valence-electron chi connectivity index (χ0n) is 30.3.